The molecule has 8 heteroatoms. The van der Waals surface area contributed by atoms with Gasteiger partial charge < -0.3 is 19.1 Å². The molecule has 2 saturated heterocycles. The summed E-state index contributed by atoms with van der Waals surface area (Å²) in [5.74, 6) is 0.949. The maximum Gasteiger partial charge on any atom is 0.318 e. The predicted octanol–water partition coefficient (Wildman–Crippen LogP) is 2.02. The number of hydrogen-bond donors (Lipinski definition) is 0. The van der Waals surface area contributed by atoms with Gasteiger partial charge in [0, 0.05) is 51.1 Å². The summed E-state index contributed by atoms with van der Waals surface area (Å²) in [5, 5.41) is 8.22. The zero-order valence-corrected chi connectivity index (χ0v) is 17.0. The lowest BCUT2D eigenvalue weighted by Gasteiger charge is -2.35. The summed E-state index contributed by atoms with van der Waals surface area (Å²) in [7, 11) is 0. The van der Waals surface area contributed by atoms with Gasteiger partial charge in [0.1, 0.15) is 0 Å². The highest BCUT2D eigenvalue weighted by Crippen LogP contribution is 2.30. The largest absolute Gasteiger partial charge is 0.408 e. The number of aromatic nitrogens is 2. The van der Waals surface area contributed by atoms with Gasteiger partial charge in [-0.15, -0.1) is 5.10 Å². The zero-order valence-electron chi connectivity index (χ0n) is 17.0. The van der Waals surface area contributed by atoms with E-state index in [4.69, 9.17) is 4.42 Å². The van der Waals surface area contributed by atoms with Crippen LogP contribution in [0.1, 0.15) is 64.2 Å². The van der Waals surface area contributed by atoms with E-state index in [9.17, 15) is 9.59 Å². The monoisotopic (exact) mass is 389 g/mol. The lowest BCUT2D eigenvalue weighted by Crippen LogP contribution is -2.51. The van der Waals surface area contributed by atoms with E-state index >= 15 is 0 Å². The highest BCUT2D eigenvalue weighted by molar-refractivity contribution is 5.89. The average Bonchev–Trinajstić information content (AvgIpc) is 3.36. The number of nitrogens with zero attached hydrogens (tertiary/aromatic N) is 5. The fourth-order valence-corrected chi connectivity index (χ4v) is 4.61. The minimum atomic E-state index is -0.183. The third kappa shape index (κ3) is 3.86. The summed E-state index contributed by atoms with van der Waals surface area (Å²) >= 11 is 0. The molecule has 0 spiro atoms. The molecule has 1 aromatic rings. The van der Waals surface area contributed by atoms with Gasteiger partial charge in [-0.05, 0) is 12.8 Å². The van der Waals surface area contributed by atoms with E-state index in [1.54, 1.807) is 0 Å². The van der Waals surface area contributed by atoms with E-state index in [1.165, 1.54) is 19.3 Å². The smallest absolute Gasteiger partial charge is 0.318 e. The van der Waals surface area contributed by atoms with Crippen molar-refractivity contribution in [2.45, 2.75) is 64.3 Å². The van der Waals surface area contributed by atoms with E-state index in [2.05, 4.69) is 10.2 Å². The van der Waals surface area contributed by atoms with Crippen LogP contribution in [0.5, 0.6) is 0 Å². The minimum absolute atomic E-state index is 0.125. The molecule has 1 unspecified atom stereocenters. The second-order valence-corrected chi connectivity index (χ2v) is 8.63. The van der Waals surface area contributed by atoms with E-state index in [0.717, 1.165) is 12.8 Å². The molecule has 0 aromatic carbocycles. The Kier molecular flexibility index (Phi) is 5.55. The van der Waals surface area contributed by atoms with Gasteiger partial charge in [-0.1, -0.05) is 38.2 Å². The van der Waals surface area contributed by atoms with Crippen LogP contribution in [0.15, 0.2) is 4.42 Å². The fourth-order valence-electron chi connectivity index (χ4n) is 4.61. The van der Waals surface area contributed by atoms with Crippen molar-refractivity contribution in [3.63, 3.8) is 0 Å². The molecule has 1 saturated carbocycles. The Morgan fingerprint density at radius 3 is 2.43 bits per heavy atom. The van der Waals surface area contributed by atoms with Gasteiger partial charge in [0.05, 0.1) is 5.92 Å². The standard InChI is InChI=1S/C20H31N5O3/c1-14(2)18-21-22-20(28-18)24-10-8-23(9-11-24)19(27)15-12-17(26)25(13-15)16-6-4-3-5-7-16/h14-16H,3-13H2,1-2H3. The van der Waals surface area contributed by atoms with Crippen molar-refractivity contribution < 1.29 is 14.0 Å². The highest BCUT2D eigenvalue weighted by Gasteiger charge is 2.40. The Hall–Kier alpha value is -2.12. The van der Waals surface area contributed by atoms with Gasteiger partial charge in [-0.25, -0.2) is 0 Å². The second-order valence-electron chi connectivity index (χ2n) is 8.63. The Morgan fingerprint density at radius 1 is 1.07 bits per heavy atom. The first kappa shape index (κ1) is 19.2. The topological polar surface area (TPSA) is 82.8 Å². The fraction of sp³-hybridized carbons (Fsp3) is 0.800. The van der Waals surface area contributed by atoms with E-state index < -0.39 is 0 Å². The first-order chi connectivity index (χ1) is 13.5. The summed E-state index contributed by atoms with van der Waals surface area (Å²) in [6.45, 7) is 7.26. The van der Waals surface area contributed by atoms with Crippen molar-refractivity contribution in [3.8, 4) is 0 Å². The second kappa shape index (κ2) is 8.09. The summed E-state index contributed by atoms with van der Waals surface area (Å²) in [6.07, 6.45) is 6.22. The average molecular weight is 390 g/mol. The number of carbonyl (C=O) groups is 2. The molecule has 0 radical (unpaired) electrons. The Morgan fingerprint density at radius 2 is 1.79 bits per heavy atom. The summed E-state index contributed by atoms with van der Waals surface area (Å²) < 4.78 is 5.72. The summed E-state index contributed by atoms with van der Waals surface area (Å²) in [4.78, 5) is 31.4. The van der Waals surface area contributed by atoms with E-state index in [0.29, 0.717) is 57.1 Å². The van der Waals surface area contributed by atoms with Crippen molar-refractivity contribution in [3.05, 3.63) is 5.89 Å². The van der Waals surface area contributed by atoms with Crippen LogP contribution < -0.4 is 4.90 Å². The molecule has 0 N–H and O–H groups in total. The van der Waals surface area contributed by atoms with E-state index in [1.807, 2.05) is 28.5 Å². The number of likely N-dealkylation sites (tertiary alicyclic amines) is 1. The normalized spacial score (nSPS) is 24.5. The molecule has 3 fully saturated rings. The van der Waals surface area contributed by atoms with Crippen LogP contribution in [0.4, 0.5) is 6.01 Å². The predicted molar refractivity (Wildman–Crippen MR) is 104 cm³/mol. The van der Waals surface area contributed by atoms with Crippen LogP contribution in [0.3, 0.4) is 0 Å². The van der Waals surface area contributed by atoms with Crippen LogP contribution in [-0.4, -0.2) is 70.6 Å². The number of rotatable bonds is 4. The summed E-state index contributed by atoms with van der Waals surface area (Å²) in [6, 6.07) is 0.888. The number of hydrogen-bond acceptors (Lipinski definition) is 6. The van der Waals surface area contributed by atoms with Gasteiger partial charge in [-0.2, -0.15) is 0 Å². The van der Waals surface area contributed by atoms with Crippen LogP contribution in [0.2, 0.25) is 0 Å². The molecule has 28 heavy (non-hydrogen) atoms. The van der Waals surface area contributed by atoms with Crippen LogP contribution in [0, 0.1) is 5.92 Å². The van der Waals surface area contributed by atoms with Crippen molar-refractivity contribution in [1.29, 1.82) is 0 Å². The van der Waals surface area contributed by atoms with Crippen molar-refractivity contribution in [1.82, 2.24) is 20.0 Å². The minimum Gasteiger partial charge on any atom is -0.408 e. The highest BCUT2D eigenvalue weighted by atomic mass is 16.4. The first-order valence-corrected chi connectivity index (χ1v) is 10.7. The molecule has 3 aliphatic rings. The molecule has 1 aliphatic carbocycles. The maximum absolute atomic E-state index is 13.0. The van der Waals surface area contributed by atoms with Crippen LogP contribution in [0.25, 0.3) is 0 Å². The molecule has 8 nitrogen and oxygen atoms in total. The van der Waals surface area contributed by atoms with Crippen LogP contribution in [-0.2, 0) is 9.59 Å². The third-order valence-corrected chi connectivity index (χ3v) is 6.31. The number of anilines is 1. The van der Waals surface area contributed by atoms with Crippen molar-refractivity contribution in [2.24, 2.45) is 5.92 Å². The number of piperazine rings is 1. The molecule has 2 amide bonds. The van der Waals surface area contributed by atoms with Gasteiger partial charge in [0.25, 0.3) is 0 Å². The maximum atomic E-state index is 13.0. The van der Waals surface area contributed by atoms with Gasteiger partial charge in [-0.3, -0.25) is 9.59 Å². The van der Waals surface area contributed by atoms with Crippen molar-refractivity contribution in [2.75, 3.05) is 37.6 Å². The lowest BCUT2D eigenvalue weighted by atomic mass is 9.94. The molecular weight excluding hydrogens is 358 g/mol. The molecule has 3 heterocycles. The third-order valence-electron chi connectivity index (χ3n) is 6.31. The lowest BCUT2D eigenvalue weighted by molar-refractivity contribution is -0.136. The Balaban J connectivity index is 1.30. The van der Waals surface area contributed by atoms with Crippen LogP contribution >= 0.6 is 0 Å². The SMILES string of the molecule is CC(C)c1nnc(N2CCN(C(=O)C3CC(=O)N(C4CCCCC4)C3)CC2)o1. The number of carbonyl (C=O) groups excluding carboxylic acids is 2. The molecular formula is C20H31N5O3. The van der Waals surface area contributed by atoms with Gasteiger partial charge in [0.2, 0.25) is 17.7 Å². The van der Waals surface area contributed by atoms with Gasteiger partial charge in [0.15, 0.2) is 0 Å². The zero-order chi connectivity index (χ0) is 19.7. The quantitative estimate of drug-likeness (QED) is 0.784. The Labute approximate surface area is 166 Å². The number of amides is 2. The molecule has 4 rings (SSSR count). The molecule has 1 atom stereocenters. The first-order valence-electron chi connectivity index (χ1n) is 10.7. The van der Waals surface area contributed by atoms with Gasteiger partial charge >= 0.3 is 6.01 Å². The molecule has 0 bridgehead atoms. The van der Waals surface area contributed by atoms with Crippen molar-refractivity contribution >= 4 is 17.8 Å². The Bertz CT molecular complexity index is 704. The molecule has 2 aliphatic heterocycles. The summed E-state index contributed by atoms with van der Waals surface area (Å²) in [5.41, 5.74) is 0. The van der Waals surface area contributed by atoms with E-state index in [-0.39, 0.29) is 23.7 Å². The molecule has 154 valence electrons. The molecule has 1 aromatic heterocycles.